The Labute approximate surface area is 97.6 Å². The Kier molecular flexibility index (Phi) is 4.03. The third kappa shape index (κ3) is 3.44. The summed E-state index contributed by atoms with van der Waals surface area (Å²) in [5.41, 5.74) is 5.76. The van der Waals surface area contributed by atoms with Gasteiger partial charge >= 0.3 is 5.97 Å². The molecule has 0 fully saturated rings. The fraction of sp³-hybridized carbons (Fsp3) is 0.273. The molecule has 0 radical (unpaired) electrons. The number of anilines is 1. The third-order valence-electron chi connectivity index (χ3n) is 2.25. The number of carbonyl (C=O) groups excluding carboxylic acids is 1. The van der Waals surface area contributed by atoms with Gasteiger partial charge in [0.05, 0.1) is 12.0 Å². The molecule has 0 aliphatic heterocycles. The van der Waals surface area contributed by atoms with Crippen molar-refractivity contribution >= 4 is 17.6 Å². The molecule has 0 spiro atoms. The lowest BCUT2D eigenvalue weighted by Gasteiger charge is -2.17. The van der Waals surface area contributed by atoms with E-state index < -0.39 is 17.7 Å². The van der Waals surface area contributed by atoms with E-state index in [1.807, 2.05) is 0 Å². The average molecular weight is 240 g/mol. The number of carboxylic acid groups (broad SMARTS) is 1. The van der Waals surface area contributed by atoms with Crippen LogP contribution in [-0.2, 0) is 4.79 Å². The number of carbonyl (C=O) groups is 2. The summed E-state index contributed by atoms with van der Waals surface area (Å²) in [7, 11) is 1.44. The topological polar surface area (TPSA) is 83.6 Å². The van der Waals surface area contributed by atoms with Gasteiger partial charge in [0.25, 0.3) is 5.91 Å². The predicted molar refractivity (Wildman–Crippen MR) is 60.0 cm³/mol. The van der Waals surface area contributed by atoms with Crippen molar-refractivity contribution in [1.29, 1.82) is 0 Å². The highest BCUT2D eigenvalue weighted by Gasteiger charge is 2.16. The molecule has 17 heavy (non-hydrogen) atoms. The van der Waals surface area contributed by atoms with Gasteiger partial charge < -0.3 is 15.7 Å². The first kappa shape index (κ1) is 13.0. The quantitative estimate of drug-likeness (QED) is 0.767. The highest BCUT2D eigenvalue weighted by molar-refractivity contribution is 5.99. The maximum absolute atomic E-state index is 13.0. The van der Waals surface area contributed by atoms with E-state index in [0.717, 1.165) is 12.1 Å². The number of hydrogen-bond donors (Lipinski definition) is 2. The predicted octanol–water partition coefficient (Wildman–Crippen LogP) is 0.955. The Balaban J connectivity index is 2.81. The van der Waals surface area contributed by atoms with E-state index >= 15 is 0 Å². The van der Waals surface area contributed by atoms with Crippen LogP contribution < -0.4 is 5.73 Å². The molecule has 0 aromatic heterocycles. The minimum absolute atomic E-state index is 0.0397. The van der Waals surface area contributed by atoms with Crippen molar-refractivity contribution in [2.24, 2.45) is 0 Å². The second-order valence-corrected chi connectivity index (χ2v) is 3.60. The van der Waals surface area contributed by atoms with Crippen LogP contribution in [0.15, 0.2) is 18.2 Å². The zero-order valence-corrected chi connectivity index (χ0v) is 9.31. The molecule has 5 nitrogen and oxygen atoms in total. The minimum atomic E-state index is -1.00. The largest absolute Gasteiger partial charge is 0.481 e. The van der Waals surface area contributed by atoms with Gasteiger partial charge in [-0.05, 0) is 18.2 Å². The minimum Gasteiger partial charge on any atom is -0.481 e. The van der Waals surface area contributed by atoms with E-state index in [1.54, 1.807) is 0 Å². The lowest BCUT2D eigenvalue weighted by atomic mass is 10.1. The summed E-state index contributed by atoms with van der Waals surface area (Å²) >= 11 is 0. The highest BCUT2D eigenvalue weighted by Crippen LogP contribution is 2.15. The number of carboxylic acids is 1. The summed E-state index contributed by atoms with van der Waals surface area (Å²) in [5, 5.41) is 8.49. The fourth-order valence-corrected chi connectivity index (χ4v) is 1.28. The second-order valence-electron chi connectivity index (χ2n) is 3.60. The van der Waals surface area contributed by atoms with Crippen molar-refractivity contribution in [2.75, 3.05) is 19.3 Å². The third-order valence-corrected chi connectivity index (χ3v) is 2.25. The first-order chi connectivity index (χ1) is 7.91. The summed E-state index contributed by atoms with van der Waals surface area (Å²) in [5.74, 6) is -2.06. The Bertz CT molecular complexity index is 448. The van der Waals surface area contributed by atoms with Crippen LogP contribution in [0.5, 0.6) is 0 Å². The van der Waals surface area contributed by atoms with Crippen LogP contribution in [0.3, 0.4) is 0 Å². The van der Waals surface area contributed by atoms with Gasteiger partial charge in [0.1, 0.15) is 5.82 Å². The number of aliphatic carboxylic acids is 1. The molecular weight excluding hydrogens is 227 g/mol. The number of nitrogens with zero attached hydrogens (tertiary/aromatic N) is 1. The van der Waals surface area contributed by atoms with Gasteiger partial charge in [-0.1, -0.05) is 0 Å². The summed E-state index contributed by atoms with van der Waals surface area (Å²) in [6, 6.07) is 3.49. The van der Waals surface area contributed by atoms with E-state index in [2.05, 4.69) is 0 Å². The van der Waals surface area contributed by atoms with Crippen molar-refractivity contribution < 1.29 is 19.1 Å². The monoisotopic (exact) mass is 240 g/mol. The maximum Gasteiger partial charge on any atom is 0.305 e. The fourth-order valence-electron chi connectivity index (χ4n) is 1.28. The van der Waals surface area contributed by atoms with Crippen LogP contribution in [0.2, 0.25) is 0 Å². The Morgan fingerprint density at radius 3 is 2.71 bits per heavy atom. The molecule has 0 bridgehead atoms. The molecule has 1 rings (SSSR count). The van der Waals surface area contributed by atoms with Crippen LogP contribution in [0.4, 0.5) is 10.1 Å². The number of hydrogen-bond acceptors (Lipinski definition) is 3. The van der Waals surface area contributed by atoms with Crippen LogP contribution in [0.25, 0.3) is 0 Å². The number of amides is 1. The van der Waals surface area contributed by atoms with Gasteiger partial charge in [0.2, 0.25) is 0 Å². The molecule has 0 saturated carbocycles. The van der Waals surface area contributed by atoms with Crippen molar-refractivity contribution in [3.8, 4) is 0 Å². The number of rotatable bonds is 4. The molecule has 0 unspecified atom stereocenters. The van der Waals surface area contributed by atoms with Gasteiger partial charge in [-0.15, -0.1) is 0 Å². The van der Waals surface area contributed by atoms with Gasteiger partial charge in [-0.2, -0.15) is 0 Å². The molecule has 1 amide bonds. The Morgan fingerprint density at radius 2 is 2.12 bits per heavy atom. The lowest BCUT2D eigenvalue weighted by Crippen LogP contribution is -2.29. The first-order valence-corrected chi connectivity index (χ1v) is 4.94. The Hall–Kier alpha value is -2.11. The number of benzene rings is 1. The lowest BCUT2D eigenvalue weighted by molar-refractivity contribution is -0.137. The van der Waals surface area contributed by atoms with Crippen LogP contribution >= 0.6 is 0 Å². The molecular formula is C11H13FN2O3. The molecule has 3 N–H and O–H groups in total. The molecule has 0 atom stereocenters. The van der Waals surface area contributed by atoms with E-state index in [9.17, 15) is 14.0 Å². The summed E-state index contributed by atoms with van der Waals surface area (Å²) in [4.78, 5) is 23.4. The zero-order chi connectivity index (χ0) is 13.0. The standard InChI is InChI=1S/C11H13FN2O3/c1-14(5-4-10(15)16)11(17)8-6-7(12)2-3-9(8)13/h2-3,6H,4-5,13H2,1H3,(H,15,16). The maximum atomic E-state index is 13.0. The van der Waals surface area contributed by atoms with E-state index in [4.69, 9.17) is 10.8 Å². The zero-order valence-electron chi connectivity index (χ0n) is 9.31. The molecule has 1 aromatic rings. The normalized spacial score (nSPS) is 10.0. The van der Waals surface area contributed by atoms with Gasteiger partial charge in [-0.3, -0.25) is 9.59 Å². The average Bonchev–Trinajstić information content (AvgIpc) is 2.28. The van der Waals surface area contributed by atoms with Crippen LogP contribution in [-0.4, -0.2) is 35.5 Å². The molecule has 0 aliphatic rings. The molecule has 0 aliphatic carbocycles. The Morgan fingerprint density at radius 1 is 1.47 bits per heavy atom. The van der Waals surface area contributed by atoms with Crippen molar-refractivity contribution in [1.82, 2.24) is 4.90 Å². The number of nitrogen functional groups attached to an aromatic ring is 1. The molecule has 6 heteroatoms. The van der Waals surface area contributed by atoms with Gasteiger partial charge in [0, 0.05) is 19.3 Å². The molecule has 1 aromatic carbocycles. The summed E-state index contributed by atoms with van der Waals surface area (Å²) in [6.45, 7) is 0.0458. The van der Waals surface area contributed by atoms with E-state index in [-0.39, 0.29) is 24.2 Å². The van der Waals surface area contributed by atoms with Gasteiger partial charge in [-0.25, -0.2) is 4.39 Å². The number of halogens is 1. The van der Waals surface area contributed by atoms with Crippen LogP contribution in [0.1, 0.15) is 16.8 Å². The van der Waals surface area contributed by atoms with Gasteiger partial charge in [0.15, 0.2) is 0 Å². The first-order valence-electron chi connectivity index (χ1n) is 4.94. The van der Waals surface area contributed by atoms with E-state index in [0.29, 0.717) is 0 Å². The molecule has 0 saturated heterocycles. The highest BCUT2D eigenvalue weighted by atomic mass is 19.1. The SMILES string of the molecule is CN(CCC(=O)O)C(=O)c1cc(F)ccc1N. The summed E-state index contributed by atoms with van der Waals surface area (Å²) in [6.07, 6.45) is -0.169. The molecule has 0 heterocycles. The van der Waals surface area contributed by atoms with Crippen molar-refractivity contribution in [3.05, 3.63) is 29.6 Å². The molecule has 92 valence electrons. The summed E-state index contributed by atoms with van der Waals surface area (Å²) < 4.78 is 13.0. The van der Waals surface area contributed by atoms with Crippen molar-refractivity contribution in [2.45, 2.75) is 6.42 Å². The van der Waals surface area contributed by atoms with Crippen LogP contribution in [0, 0.1) is 5.82 Å². The van der Waals surface area contributed by atoms with E-state index in [1.165, 1.54) is 18.0 Å². The number of nitrogens with two attached hydrogens (primary N) is 1. The smallest absolute Gasteiger partial charge is 0.305 e. The van der Waals surface area contributed by atoms with Crippen molar-refractivity contribution in [3.63, 3.8) is 0 Å². The second kappa shape index (κ2) is 5.29.